The second-order valence-corrected chi connectivity index (χ2v) is 6.94. The number of imidazole rings is 1. The minimum absolute atomic E-state index is 0.0841. The highest BCUT2D eigenvalue weighted by Gasteiger charge is 2.32. The van der Waals surface area contributed by atoms with E-state index in [9.17, 15) is 4.79 Å². The van der Waals surface area contributed by atoms with Gasteiger partial charge in [0.2, 0.25) is 0 Å². The van der Waals surface area contributed by atoms with Gasteiger partial charge in [0.1, 0.15) is 17.3 Å². The molecule has 1 amide bonds. The molecule has 0 bridgehead atoms. The van der Waals surface area contributed by atoms with Gasteiger partial charge in [-0.25, -0.2) is 4.98 Å². The molecule has 0 aliphatic carbocycles. The van der Waals surface area contributed by atoms with Crippen molar-refractivity contribution in [1.82, 2.24) is 20.4 Å². The van der Waals surface area contributed by atoms with Crippen molar-refractivity contribution in [3.63, 3.8) is 0 Å². The summed E-state index contributed by atoms with van der Waals surface area (Å²) in [5, 5.41) is 6.99. The van der Waals surface area contributed by atoms with Gasteiger partial charge in [-0.2, -0.15) is 0 Å². The van der Waals surface area contributed by atoms with Crippen LogP contribution in [-0.2, 0) is 11.2 Å². The number of aromatic amines is 1. The number of aryl methyl sites for hydroxylation is 2. The van der Waals surface area contributed by atoms with Crippen LogP contribution in [0.5, 0.6) is 0 Å². The fourth-order valence-electron chi connectivity index (χ4n) is 3.38. The third-order valence-corrected chi connectivity index (χ3v) is 4.80. The van der Waals surface area contributed by atoms with Crippen molar-refractivity contribution in [2.24, 2.45) is 5.92 Å². The normalized spacial score (nSPS) is 19.3. The lowest BCUT2D eigenvalue weighted by Gasteiger charge is -2.17. The molecule has 0 unspecified atom stereocenters. The average molecular weight is 366 g/mol. The smallest absolute Gasteiger partial charge is 0.272 e. The molecule has 0 saturated carbocycles. The number of carbonyl (C=O) groups excluding carboxylic acids is 1. The summed E-state index contributed by atoms with van der Waals surface area (Å²) in [6.07, 6.45) is 0.681. The summed E-state index contributed by atoms with van der Waals surface area (Å²) >= 11 is 0. The molecule has 1 aromatic carbocycles. The van der Waals surface area contributed by atoms with E-state index >= 15 is 0 Å². The van der Waals surface area contributed by atoms with E-state index in [2.05, 4.69) is 20.4 Å². The molecule has 1 aliphatic rings. The number of ether oxygens (including phenoxy) is 1. The van der Waals surface area contributed by atoms with Gasteiger partial charge in [-0.15, -0.1) is 0 Å². The molecule has 0 radical (unpaired) electrons. The maximum absolute atomic E-state index is 12.8. The summed E-state index contributed by atoms with van der Waals surface area (Å²) in [5.74, 6) is 1.45. The molecule has 1 fully saturated rings. The molecule has 27 heavy (non-hydrogen) atoms. The predicted molar refractivity (Wildman–Crippen MR) is 99.3 cm³/mol. The van der Waals surface area contributed by atoms with Gasteiger partial charge in [0.15, 0.2) is 0 Å². The molecule has 7 nitrogen and oxygen atoms in total. The third-order valence-electron chi connectivity index (χ3n) is 4.80. The number of aromatic nitrogens is 3. The first kappa shape index (κ1) is 17.5. The first-order valence-electron chi connectivity index (χ1n) is 9.03. The lowest BCUT2D eigenvalue weighted by Crippen LogP contribution is -2.41. The number of amides is 1. The van der Waals surface area contributed by atoms with Gasteiger partial charge in [0, 0.05) is 29.7 Å². The van der Waals surface area contributed by atoms with E-state index in [-0.39, 0.29) is 17.9 Å². The quantitative estimate of drug-likeness (QED) is 0.724. The molecule has 3 aromatic rings. The molecule has 0 spiro atoms. The monoisotopic (exact) mass is 366 g/mol. The van der Waals surface area contributed by atoms with Crippen molar-refractivity contribution < 1.29 is 14.1 Å². The number of benzene rings is 1. The summed E-state index contributed by atoms with van der Waals surface area (Å²) in [5.41, 5.74) is 2.95. The van der Waals surface area contributed by atoms with Gasteiger partial charge in [0.05, 0.1) is 24.9 Å². The number of nitrogens with zero attached hydrogens (tertiary/aromatic N) is 2. The summed E-state index contributed by atoms with van der Waals surface area (Å²) < 4.78 is 10.9. The van der Waals surface area contributed by atoms with E-state index in [0.29, 0.717) is 31.2 Å². The average Bonchev–Trinajstić information content (AvgIpc) is 3.37. The largest absolute Gasteiger partial charge is 0.379 e. The Hall–Kier alpha value is -2.93. The van der Waals surface area contributed by atoms with E-state index in [1.54, 1.807) is 0 Å². The molecular weight excluding hydrogens is 344 g/mol. The molecule has 2 aromatic heterocycles. The zero-order valence-corrected chi connectivity index (χ0v) is 15.4. The maximum atomic E-state index is 12.8. The SMILES string of the molecule is Cc1cc(C[C@@H]2COC[C@@H]2NC(=O)c2nc(-c3ccccc3)[nH]c2C)on1. The Bertz CT molecular complexity index is 932. The minimum Gasteiger partial charge on any atom is -0.379 e. The topological polar surface area (TPSA) is 93.0 Å². The Kier molecular flexibility index (Phi) is 4.77. The number of rotatable bonds is 5. The van der Waals surface area contributed by atoms with Gasteiger partial charge in [-0.1, -0.05) is 35.5 Å². The highest BCUT2D eigenvalue weighted by atomic mass is 16.5. The Morgan fingerprint density at radius 3 is 2.81 bits per heavy atom. The van der Waals surface area contributed by atoms with Crippen LogP contribution in [0.25, 0.3) is 11.4 Å². The Morgan fingerprint density at radius 2 is 2.07 bits per heavy atom. The molecule has 1 saturated heterocycles. The van der Waals surface area contributed by atoms with Crippen LogP contribution in [0.4, 0.5) is 0 Å². The minimum atomic E-state index is -0.194. The number of H-pyrrole nitrogens is 1. The molecule has 3 heterocycles. The van der Waals surface area contributed by atoms with E-state index in [1.807, 2.05) is 50.2 Å². The number of nitrogens with one attached hydrogen (secondary N) is 2. The molecule has 1 aliphatic heterocycles. The zero-order valence-electron chi connectivity index (χ0n) is 15.4. The summed E-state index contributed by atoms with van der Waals surface area (Å²) in [4.78, 5) is 20.5. The zero-order chi connectivity index (χ0) is 18.8. The molecule has 4 rings (SSSR count). The predicted octanol–water partition coefficient (Wildman–Crippen LogP) is 2.67. The Morgan fingerprint density at radius 1 is 1.26 bits per heavy atom. The van der Waals surface area contributed by atoms with Crippen LogP contribution in [0.15, 0.2) is 40.9 Å². The lowest BCUT2D eigenvalue weighted by molar-refractivity contribution is 0.0919. The van der Waals surface area contributed by atoms with E-state index in [1.165, 1.54) is 0 Å². The molecule has 7 heteroatoms. The number of hydrogen-bond acceptors (Lipinski definition) is 5. The highest BCUT2D eigenvalue weighted by Crippen LogP contribution is 2.21. The highest BCUT2D eigenvalue weighted by molar-refractivity contribution is 5.94. The standard InChI is InChI=1S/C20H22N4O3/c1-12-8-16(27-24-12)9-15-10-26-11-17(15)22-20(25)18-13(2)21-19(23-18)14-6-4-3-5-7-14/h3-8,15,17H,9-11H2,1-2H3,(H,21,23)(H,22,25)/t15-,17+/m1/s1. The van der Waals surface area contributed by atoms with Crippen molar-refractivity contribution in [3.8, 4) is 11.4 Å². The molecule has 140 valence electrons. The van der Waals surface area contributed by atoms with Gasteiger partial charge < -0.3 is 19.6 Å². The Balaban J connectivity index is 1.46. The van der Waals surface area contributed by atoms with Crippen molar-refractivity contribution >= 4 is 5.91 Å². The van der Waals surface area contributed by atoms with Gasteiger partial charge in [-0.3, -0.25) is 4.79 Å². The summed E-state index contributed by atoms with van der Waals surface area (Å²) in [6, 6.07) is 11.6. The van der Waals surface area contributed by atoms with Gasteiger partial charge >= 0.3 is 0 Å². The van der Waals surface area contributed by atoms with Crippen molar-refractivity contribution in [1.29, 1.82) is 0 Å². The van der Waals surface area contributed by atoms with Crippen LogP contribution in [-0.4, -0.2) is 40.3 Å². The van der Waals surface area contributed by atoms with Gasteiger partial charge in [-0.05, 0) is 13.8 Å². The van der Waals surface area contributed by atoms with Crippen LogP contribution >= 0.6 is 0 Å². The van der Waals surface area contributed by atoms with Crippen LogP contribution in [0.3, 0.4) is 0 Å². The summed E-state index contributed by atoms with van der Waals surface area (Å²) in [6.45, 7) is 4.81. The van der Waals surface area contributed by atoms with E-state index in [4.69, 9.17) is 9.26 Å². The van der Waals surface area contributed by atoms with Crippen molar-refractivity contribution in [3.05, 3.63) is 59.2 Å². The van der Waals surface area contributed by atoms with Crippen LogP contribution in [0, 0.1) is 19.8 Å². The van der Waals surface area contributed by atoms with Gasteiger partial charge in [0.25, 0.3) is 5.91 Å². The summed E-state index contributed by atoms with van der Waals surface area (Å²) in [7, 11) is 0. The van der Waals surface area contributed by atoms with Crippen molar-refractivity contribution in [2.75, 3.05) is 13.2 Å². The van der Waals surface area contributed by atoms with Crippen LogP contribution < -0.4 is 5.32 Å². The second kappa shape index (κ2) is 7.36. The molecule has 2 atom stereocenters. The first-order valence-corrected chi connectivity index (χ1v) is 9.03. The number of carbonyl (C=O) groups is 1. The Labute approximate surface area is 157 Å². The van der Waals surface area contributed by atoms with Crippen LogP contribution in [0.2, 0.25) is 0 Å². The fourth-order valence-corrected chi connectivity index (χ4v) is 3.38. The number of hydrogen-bond donors (Lipinski definition) is 2. The molecular formula is C20H22N4O3. The maximum Gasteiger partial charge on any atom is 0.272 e. The lowest BCUT2D eigenvalue weighted by atomic mass is 9.98. The third kappa shape index (κ3) is 3.78. The van der Waals surface area contributed by atoms with Crippen LogP contribution in [0.1, 0.15) is 27.6 Å². The second-order valence-electron chi connectivity index (χ2n) is 6.94. The molecule has 2 N–H and O–H groups in total. The first-order chi connectivity index (χ1) is 13.1. The van der Waals surface area contributed by atoms with E-state index in [0.717, 1.165) is 22.7 Å². The van der Waals surface area contributed by atoms with E-state index < -0.39 is 0 Å². The van der Waals surface area contributed by atoms with Crippen molar-refractivity contribution in [2.45, 2.75) is 26.3 Å². The fraction of sp³-hybridized carbons (Fsp3) is 0.350.